The number of hydrogen-bond acceptors (Lipinski definition) is 6. The highest BCUT2D eigenvalue weighted by atomic mass is 35.5. The molecule has 1 N–H and O–H groups in total. The van der Waals surface area contributed by atoms with Gasteiger partial charge in [0.2, 0.25) is 5.91 Å². The van der Waals surface area contributed by atoms with Crippen LogP contribution in [0.1, 0.15) is 37.7 Å². The number of aromatic nitrogens is 2. The number of likely N-dealkylation sites (N-methyl/N-ethyl adjacent to an activating group) is 1. The smallest absolute Gasteiger partial charge is 0.436 e. The van der Waals surface area contributed by atoms with E-state index in [0.717, 1.165) is 15.8 Å². The minimum atomic E-state index is -4.84. The van der Waals surface area contributed by atoms with Crippen LogP contribution in [0.2, 0.25) is 5.02 Å². The number of halogens is 4. The summed E-state index contributed by atoms with van der Waals surface area (Å²) in [4.78, 5) is 42.0. The lowest BCUT2D eigenvalue weighted by Crippen LogP contribution is -2.48. The van der Waals surface area contributed by atoms with Crippen molar-refractivity contribution in [2.75, 3.05) is 26.7 Å². The summed E-state index contributed by atoms with van der Waals surface area (Å²) >= 11 is 5.95. The molecule has 2 aromatic carbocycles. The fraction of sp³-hybridized carbons (Fsp3) is 0.357. The van der Waals surface area contributed by atoms with E-state index in [1.54, 1.807) is 36.4 Å². The largest absolute Gasteiger partial charge is 0.457 e. The molecule has 0 saturated carbocycles. The van der Waals surface area contributed by atoms with Gasteiger partial charge in [-0.2, -0.15) is 18.3 Å². The van der Waals surface area contributed by atoms with Crippen LogP contribution in [0.25, 0.3) is 0 Å². The van der Waals surface area contributed by atoms with E-state index in [9.17, 15) is 27.6 Å². The van der Waals surface area contributed by atoms with E-state index in [1.807, 2.05) is 13.0 Å². The van der Waals surface area contributed by atoms with E-state index >= 15 is 0 Å². The first-order valence-electron chi connectivity index (χ1n) is 12.9. The summed E-state index contributed by atoms with van der Waals surface area (Å²) < 4.78 is 53.0. The number of rotatable bonds is 1. The molecule has 222 valence electrons. The Kier molecular flexibility index (Phi) is 7.90. The molecule has 1 saturated heterocycles. The highest BCUT2D eigenvalue weighted by Crippen LogP contribution is 2.36. The highest BCUT2D eigenvalue weighted by molar-refractivity contribution is 6.34. The third kappa shape index (κ3) is 5.93. The number of hydrogen-bond donors (Lipinski definition) is 1. The van der Waals surface area contributed by atoms with Crippen molar-refractivity contribution < 1.29 is 37.0 Å². The normalized spacial score (nSPS) is 19.8. The zero-order valence-corrected chi connectivity index (χ0v) is 23.6. The molecule has 0 unspecified atom stereocenters. The van der Waals surface area contributed by atoms with E-state index < -0.39 is 52.5 Å². The van der Waals surface area contributed by atoms with Gasteiger partial charge in [-0.1, -0.05) is 29.8 Å². The zero-order chi connectivity index (χ0) is 30.3. The molecule has 0 spiro atoms. The molecule has 2 aliphatic heterocycles. The minimum Gasteiger partial charge on any atom is -0.457 e. The monoisotopic (exact) mass is 605 g/mol. The number of alkyl halides is 3. The molecule has 3 heterocycles. The van der Waals surface area contributed by atoms with Gasteiger partial charge >= 0.3 is 6.18 Å². The van der Waals surface area contributed by atoms with Crippen molar-refractivity contribution in [1.82, 2.24) is 24.9 Å². The second-order valence-electron chi connectivity index (χ2n) is 10.3. The van der Waals surface area contributed by atoms with Crippen molar-refractivity contribution in [3.05, 3.63) is 75.6 Å². The lowest BCUT2D eigenvalue weighted by Gasteiger charge is -2.23. The third-order valence-electron chi connectivity index (χ3n) is 7.11. The van der Waals surface area contributed by atoms with Gasteiger partial charge in [-0.05, 0) is 42.3 Å². The lowest BCUT2D eigenvalue weighted by atomic mass is 10.1. The van der Waals surface area contributed by atoms with E-state index in [1.165, 1.54) is 23.9 Å². The Labute approximate surface area is 243 Å². The molecule has 42 heavy (non-hydrogen) atoms. The fourth-order valence-electron chi connectivity index (χ4n) is 4.94. The summed E-state index contributed by atoms with van der Waals surface area (Å²) in [6, 6.07) is 11.4. The molecule has 14 heteroatoms. The van der Waals surface area contributed by atoms with Crippen LogP contribution in [0, 0.1) is 6.92 Å². The van der Waals surface area contributed by atoms with Gasteiger partial charge in [0.25, 0.3) is 11.8 Å². The third-order valence-corrected chi connectivity index (χ3v) is 7.47. The number of aryl methyl sites for hydroxylation is 2. The van der Waals surface area contributed by atoms with Gasteiger partial charge in [0.15, 0.2) is 5.69 Å². The molecule has 2 atom stereocenters. The Hall–Kier alpha value is -4.10. The number of nitrogens with one attached hydrogen (secondary N) is 1. The summed E-state index contributed by atoms with van der Waals surface area (Å²) in [6.45, 7) is 1.55. The maximum Gasteiger partial charge on any atom is 0.436 e. The van der Waals surface area contributed by atoms with Gasteiger partial charge in [0.1, 0.15) is 22.2 Å². The van der Waals surface area contributed by atoms with Crippen LogP contribution in [0.5, 0.6) is 11.5 Å². The van der Waals surface area contributed by atoms with E-state index in [2.05, 4.69) is 10.4 Å². The summed E-state index contributed by atoms with van der Waals surface area (Å²) in [5, 5.41) is 5.41. The number of carbonyl (C=O) groups is 3. The molecule has 3 aromatic rings. The number of carbonyl (C=O) groups excluding carboxylic acids is 3. The van der Waals surface area contributed by atoms with Crippen LogP contribution in [-0.2, 0) is 29.4 Å². The quantitative estimate of drug-likeness (QED) is 0.452. The Bertz CT molecular complexity index is 1560. The Balaban J connectivity index is 1.44. The van der Waals surface area contributed by atoms with Crippen LogP contribution in [0.4, 0.5) is 13.2 Å². The first kappa shape index (κ1) is 29.4. The van der Waals surface area contributed by atoms with Gasteiger partial charge in [0, 0.05) is 32.7 Å². The lowest BCUT2D eigenvalue weighted by molar-refractivity contribution is -0.141. The zero-order valence-electron chi connectivity index (χ0n) is 22.9. The molecular weight excluding hydrogens is 579 g/mol. The van der Waals surface area contributed by atoms with Gasteiger partial charge in [-0.3, -0.25) is 19.1 Å². The Morgan fingerprint density at radius 1 is 1.12 bits per heavy atom. The standard InChI is InChI=1S/C28H27ClF3N5O5/c1-15-7-8-17-10-20(15)42-18-6-4-5-16(9-18)14-41-21-12-37(11-19(21)33-22(38)13-35(2)26(17)39)27(40)24-23(29)25(28(30,31)32)34-36(24)3/h4-10,19,21H,11-14H2,1-3H3,(H,33,38)/t19-,21-/m0/s1. The van der Waals surface area contributed by atoms with Crippen molar-refractivity contribution in [3.63, 3.8) is 0 Å². The number of nitrogens with zero attached hydrogens (tertiary/aromatic N) is 4. The summed E-state index contributed by atoms with van der Waals surface area (Å²) in [7, 11) is 2.68. The molecule has 3 amide bonds. The molecule has 10 nitrogen and oxygen atoms in total. The molecule has 0 aliphatic carbocycles. The average molecular weight is 606 g/mol. The predicted octanol–water partition coefficient (Wildman–Crippen LogP) is 3.80. The van der Waals surface area contributed by atoms with Crippen LogP contribution < -0.4 is 10.1 Å². The summed E-state index contributed by atoms with van der Waals surface area (Å²) in [5.74, 6) is -0.702. The van der Waals surface area contributed by atoms with Crippen molar-refractivity contribution >= 4 is 29.3 Å². The van der Waals surface area contributed by atoms with Crippen LogP contribution in [0.3, 0.4) is 0 Å². The summed E-state index contributed by atoms with van der Waals surface area (Å²) in [6.07, 6.45) is -5.57. The Morgan fingerprint density at radius 3 is 2.60 bits per heavy atom. The van der Waals surface area contributed by atoms with Crippen molar-refractivity contribution in [3.8, 4) is 11.5 Å². The number of amides is 3. The molecular formula is C28H27ClF3N5O5. The number of fused-ring (bicyclic) bond motifs is 5. The first-order valence-corrected chi connectivity index (χ1v) is 13.3. The maximum atomic E-state index is 13.4. The average Bonchev–Trinajstić information content (AvgIpc) is 3.47. The van der Waals surface area contributed by atoms with Crippen LogP contribution in [0.15, 0.2) is 42.5 Å². The van der Waals surface area contributed by atoms with E-state index in [0.29, 0.717) is 17.1 Å². The van der Waals surface area contributed by atoms with E-state index in [-0.39, 0.29) is 26.2 Å². The Morgan fingerprint density at radius 2 is 1.88 bits per heavy atom. The van der Waals surface area contributed by atoms with Crippen molar-refractivity contribution in [2.24, 2.45) is 7.05 Å². The molecule has 2 aliphatic rings. The van der Waals surface area contributed by atoms with E-state index in [4.69, 9.17) is 21.1 Å². The van der Waals surface area contributed by atoms with Gasteiger partial charge in [0.05, 0.1) is 25.3 Å². The van der Waals surface area contributed by atoms with Crippen molar-refractivity contribution in [1.29, 1.82) is 0 Å². The maximum absolute atomic E-state index is 13.4. The molecule has 0 radical (unpaired) electrons. The SMILES string of the molecule is Cc1ccc2cc1Oc1cccc(c1)CO[C@H]1CN(C(=O)c3c(Cl)c(C(F)(F)F)nn3C)C[C@@H]1NC(=O)CN(C)C2=O. The molecule has 4 bridgehead atoms. The van der Waals surface area contributed by atoms with Gasteiger partial charge in [-0.25, -0.2) is 0 Å². The highest BCUT2D eigenvalue weighted by Gasteiger charge is 2.43. The topological polar surface area (TPSA) is 106 Å². The molecule has 1 fully saturated rings. The summed E-state index contributed by atoms with van der Waals surface area (Å²) in [5.41, 5.74) is 0.0896. The second-order valence-corrected chi connectivity index (χ2v) is 10.6. The second kappa shape index (κ2) is 11.3. The minimum absolute atomic E-state index is 0.0403. The first-order chi connectivity index (χ1) is 19.8. The number of ether oxygens (including phenoxy) is 2. The fourth-order valence-corrected chi connectivity index (χ4v) is 5.29. The van der Waals surface area contributed by atoms with Gasteiger partial charge in [-0.15, -0.1) is 0 Å². The number of benzene rings is 2. The van der Waals surface area contributed by atoms with Crippen LogP contribution in [-0.4, -0.2) is 76.1 Å². The van der Waals surface area contributed by atoms with Crippen LogP contribution >= 0.6 is 11.6 Å². The predicted molar refractivity (Wildman–Crippen MR) is 144 cm³/mol. The number of likely N-dealkylation sites (tertiary alicyclic amines) is 1. The molecule has 5 rings (SSSR count). The van der Waals surface area contributed by atoms with Crippen molar-refractivity contribution in [2.45, 2.75) is 31.9 Å². The van der Waals surface area contributed by atoms with Gasteiger partial charge < -0.3 is 24.6 Å². The molecule has 1 aromatic heterocycles.